The molecule has 8 nitrogen and oxygen atoms in total. The van der Waals surface area contributed by atoms with E-state index in [9.17, 15) is 14.4 Å². The average molecular weight is 436 g/mol. The maximum Gasteiger partial charge on any atom is 0.274 e. The Morgan fingerprint density at radius 1 is 1.12 bits per heavy atom. The molecule has 0 unspecified atom stereocenters. The number of pyridine rings is 2. The molecule has 3 aromatic heterocycles. The molecule has 3 rings (SSSR count). The summed E-state index contributed by atoms with van der Waals surface area (Å²) in [4.78, 5) is 52.3. The molecule has 3 heterocycles. The standard InChI is InChI=1S/C24H29N5O3/c1-5-20(17-11-7-8-15-25-17)29-23-18(13-14-21(27-23)28(4)22(31)6-2)26-19(24(29)32)12-9-10-16(3)30/h7-8,11,13-15,20H,5-6,9-10,12H2,1-4H3/t20-/m0/s1. The Hall–Kier alpha value is -3.42. The molecule has 168 valence electrons. The zero-order chi connectivity index (χ0) is 23.3. The van der Waals surface area contributed by atoms with Gasteiger partial charge in [0.05, 0.1) is 11.7 Å². The molecule has 0 bridgehead atoms. The largest absolute Gasteiger partial charge is 0.300 e. The minimum atomic E-state index is -0.337. The zero-order valence-corrected chi connectivity index (χ0v) is 19.0. The fourth-order valence-corrected chi connectivity index (χ4v) is 3.73. The third-order valence-corrected chi connectivity index (χ3v) is 5.48. The lowest BCUT2D eigenvalue weighted by molar-refractivity contribution is -0.118. The van der Waals surface area contributed by atoms with E-state index in [-0.39, 0.29) is 23.3 Å². The maximum atomic E-state index is 13.6. The molecule has 0 aliphatic rings. The lowest BCUT2D eigenvalue weighted by Gasteiger charge is -2.22. The molecule has 0 radical (unpaired) electrons. The van der Waals surface area contributed by atoms with E-state index in [2.05, 4.69) is 15.0 Å². The van der Waals surface area contributed by atoms with Gasteiger partial charge in [-0.1, -0.05) is 19.9 Å². The summed E-state index contributed by atoms with van der Waals surface area (Å²) < 4.78 is 1.64. The lowest BCUT2D eigenvalue weighted by Crippen LogP contribution is -2.32. The molecule has 32 heavy (non-hydrogen) atoms. The van der Waals surface area contributed by atoms with Crippen LogP contribution in [0.25, 0.3) is 11.2 Å². The van der Waals surface area contributed by atoms with Crippen LogP contribution in [0.2, 0.25) is 0 Å². The molecule has 0 N–H and O–H groups in total. The second-order valence-electron chi connectivity index (χ2n) is 7.79. The maximum absolute atomic E-state index is 13.6. The van der Waals surface area contributed by atoms with E-state index in [0.717, 1.165) is 5.69 Å². The summed E-state index contributed by atoms with van der Waals surface area (Å²) in [6.45, 7) is 5.32. The number of Topliss-reactive ketones (excluding diaryl/α,β-unsaturated/α-hetero) is 1. The third kappa shape index (κ3) is 4.90. The van der Waals surface area contributed by atoms with Gasteiger partial charge in [-0.25, -0.2) is 9.97 Å². The molecule has 0 saturated heterocycles. The third-order valence-electron chi connectivity index (χ3n) is 5.48. The van der Waals surface area contributed by atoms with Crippen LogP contribution in [0.5, 0.6) is 0 Å². The summed E-state index contributed by atoms with van der Waals surface area (Å²) in [6.07, 6.45) is 4.04. The van der Waals surface area contributed by atoms with Gasteiger partial charge in [0, 0.05) is 26.1 Å². The fraction of sp³-hybridized carbons (Fsp3) is 0.417. The minimum absolute atomic E-state index is 0.0728. The van der Waals surface area contributed by atoms with Crippen molar-refractivity contribution in [3.63, 3.8) is 0 Å². The molecule has 0 aliphatic carbocycles. The molecular formula is C24H29N5O3. The van der Waals surface area contributed by atoms with Crippen molar-refractivity contribution in [2.45, 2.75) is 58.9 Å². The Labute approximate surface area is 187 Å². The highest BCUT2D eigenvalue weighted by molar-refractivity contribution is 5.92. The molecule has 0 aromatic carbocycles. The highest BCUT2D eigenvalue weighted by atomic mass is 16.2. The first-order valence-corrected chi connectivity index (χ1v) is 11.0. The number of carbonyl (C=O) groups excluding carboxylic acids is 2. The van der Waals surface area contributed by atoms with Crippen molar-refractivity contribution in [2.24, 2.45) is 0 Å². The van der Waals surface area contributed by atoms with Crippen LogP contribution in [0, 0.1) is 0 Å². The van der Waals surface area contributed by atoms with E-state index in [4.69, 9.17) is 0 Å². The minimum Gasteiger partial charge on any atom is -0.300 e. The smallest absolute Gasteiger partial charge is 0.274 e. The highest BCUT2D eigenvalue weighted by Crippen LogP contribution is 2.24. The number of hydrogen-bond donors (Lipinski definition) is 0. The Morgan fingerprint density at radius 3 is 2.53 bits per heavy atom. The van der Waals surface area contributed by atoms with Crippen molar-refractivity contribution in [2.75, 3.05) is 11.9 Å². The van der Waals surface area contributed by atoms with Gasteiger partial charge in [-0.2, -0.15) is 0 Å². The second-order valence-corrected chi connectivity index (χ2v) is 7.79. The fourth-order valence-electron chi connectivity index (χ4n) is 3.73. The summed E-state index contributed by atoms with van der Waals surface area (Å²) in [6, 6.07) is 8.79. The summed E-state index contributed by atoms with van der Waals surface area (Å²) in [5.41, 5.74) is 1.90. The van der Waals surface area contributed by atoms with Crippen molar-refractivity contribution in [1.82, 2.24) is 19.5 Å². The Kier molecular flexibility index (Phi) is 7.45. The quantitative estimate of drug-likeness (QED) is 0.510. The van der Waals surface area contributed by atoms with Crippen LogP contribution in [-0.4, -0.2) is 38.3 Å². The number of carbonyl (C=O) groups is 2. The normalized spacial score (nSPS) is 12.0. The van der Waals surface area contributed by atoms with Crippen molar-refractivity contribution in [1.29, 1.82) is 0 Å². The van der Waals surface area contributed by atoms with Crippen molar-refractivity contribution >= 4 is 28.7 Å². The van der Waals surface area contributed by atoms with E-state index in [1.807, 2.05) is 25.1 Å². The number of anilines is 1. The number of hydrogen-bond acceptors (Lipinski definition) is 6. The van der Waals surface area contributed by atoms with Gasteiger partial charge in [0.15, 0.2) is 5.65 Å². The van der Waals surface area contributed by atoms with Gasteiger partial charge in [0.25, 0.3) is 5.56 Å². The number of nitrogens with zero attached hydrogens (tertiary/aromatic N) is 5. The van der Waals surface area contributed by atoms with Crippen molar-refractivity contribution in [3.05, 3.63) is 58.3 Å². The highest BCUT2D eigenvalue weighted by Gasteiger charge is 2.22. The van der Waals surface area contributed by atoms with Gasteiger partial charge in [-0.15, -0.1) is 0 Å². The van der Waals surface area contributed by atoms with E-state index in [1.54, 1.807) is 43.8 Å². The van der Waals surface area contributed by atoms with Gasteiger partial charge in [0.1, 0.15) is 22.8 Å². The van der Waals surface area contributed by atoms with Crippen LogP contribution in [-0.2, 0) is 16.0 Å². The van der Waals surface area contributed by atoms with Gasteiger partial charge in [-0.3, -0.25) is 24.0 Å². The first-order valence-electron chi connectivity index (χ1n) is 11.0. The van der Waals surface area contributed by atoms with Crippen LogP contribution in [0.1, 0.15) is 63.9 Å². The SMILES string of the molecule is CCC(=O)N(C)c1ccc2nc(CCCC(C)=O)c(=O)n([C@@H](CC)c3ccccn3)c2n1. The second kappa shape index (κ2) is 10.3. The topological polar surface area (TPSA) is 98.1 Å². The van der Waals surface area contributed by atoms with Crippen LogP contribution in [0.3, 0.4) is 0 Å². The number of rotatable bonds is 9. The van der Waals surface area contributed by atoms with Crippen molar-refractivity contribution < 1.29 is 9.59 Å². The Bertz CT molecular complexity index is 1170. The molecule has 8 heteroatoms. The number of aromatic nitrogens is 4. The lowest BCUT2D eigenvalue weighted by atomic mass is 10.1. The van der Waals surface area contributed by atoms with E-state index in [0.29, 0.717) is 54.8 Å². The van der Waals surface area contributed by atoms with Crippen LogP contribution >= 0.6 is 0 Å². The molecule has 1 amide bonds. The molecule has 0 fully saturated rings. The molecule has 0 saturated carbocycles. The number of ketones is 1. The van der Waals surface area contributed by atoms with E-state index in [1.165, 1.54) is 4.90 Å². The number of fused-ring (bicyclic) bond motifs is 1. The van der Waals surface area contributed by atoms with E-state index < -0.39 is 0 Å². The summed E-state index contributed by atoms with van der Waals surface area (Å²) in [7, 11) is 1.67. The first-order chi connectivity index (χ1) is 15.4. The predicted molar refractivity (Wildman–Crippen MR) is 124 cm³/mol. The van der Waals surface area contributed by atoms with Gasteiger partial charge < -0.3 is 4.79 Å². The molecule has 1 atom stereocenters. The summed E-state index contributed by atoms with van der Waals surface area (Å²) in [5, 5.41) is 0. The number of aryl methyl sites for hydroxylation is 1. The first kappa shape index (κ1) is 23.2. The summed E-state index contributed by atoms with van der Waals surface area (Å²) in [5.74, 6) is 0.469. The average Bonchev–Trinajstić information content (AvgIpc) is 2.80. The van der Waals surface area contributed by atoms with Gasteiger partial charge in [-0.05, 0) is 50.5 Å². The zero-order valence-electron chi connectivity index (χ0n) is 19.0. The van der Waals surface area contributed by atoms with Gasteiger partial charge >= 0.3 is 0 Å². The van der Waals surface area contributed by atoms with E-state index >= 15 is 0 Å². The number of amides is 1. The van der Waals surface area contributed by atoms with Gasteiger partial charge in [0.2, 0.25) is 5.91 Å². The Balaban J connectivity index is 2.22. The van der Waals surface area contributed by atoms with Crippen molar-refractivity contribution in [3.8, 4) is 0 Å². The predicted octanol–water partition coefficient (Wildman–Crippen LogP) is 3.47. The Morgan fingerprint density at radius 2 is 1.91 bits per heavy atom. The van der Waals surface area contributed by atoms with Crippen LogP contribution in [0.4, 0.5) is 5.82 Å². The van der Waals surface area contributed by atoms with Crippen LogP contribution < -0.4 is 10.5 Å². The monoisotopic (exact) mass is 435 g/mol. The molecule has 0 spiro atoms. The summed E-state index contributed by atoms with van der Waals surface area (Å²) >= 11 is 0. The molecule has 0 aliphatic heterocycles. The molecular weight excluding hydrogens is 406 g/mol. The van der Waals surface area contributed by atoms with Crippen LogP contribution in [0.15, 0.2) is 41.3 Å². The molecule has 3 aromatic rings.